The summed E-state index contributed by atoms with van der Waals surface area (Å²) in [5.41, 5.74) is 1.17. The summed E-state index contributed by atoms with van der Waals surface area (Å²) in [4.78, 5) is 37.8. The van der Waals surface area contributed by atoms with Gasteiger partial charge in [0.1, 0.15) is 0 Å². The zero-order valence-corrected chi connectivity index (χ0v) is 18.5. The molecule has 1 N–H and O–H groups in total. The molecule has 0 saturated carbocycles. The quantitative estimate of drug-likeness (QED) is 0.632. The van der Waals surface area contributed by atoms with Crippen molar-refractivity contribution in [3.63, 3.8) is 0 Å². The Labute approximate surface area is 181 Å². The maximum absolute atomic E-state index is 12.8. The van der Waals surface area contributed by atoms with Crippen molar-refractivity contribution in [1.29, 1.82) is 0 Å². The fourth-order valence-electron chi connectivity index (χ4n) is 3.35. The van der Waals surface area contributed by atoms with Gasteiger partial charge in [0.15, 0.2) is 0 Å². The molecule has 0 aliphatic carbocycles. The third-order valence-electron chi connectivity index (χ3n) is 5.22. The highest BCUT2D eigenvalue weighted by Crippen LogP contribution is 2.25. The van der Waals surface area contributed by atoms with Gasteiger partial charge in [0, 0.05) is 31.4 Å². The number of rotatable bonds is 8. The van der Waals surface area contributed by atoms with E-state index in [1.54, 1.807) is 13.0 Å². The predicted molar refractivity (Wildman–Crippen MR) is 117 cm³/mol. The maximum Gasteiger partial charge on any atom is 0.261 e. The molecule has 0 unspecified atom stereocenters. The van der Waals surface area contributed by atoms with Crippen LogP contribution in [0.5, 0.6) is 0 Å². The lowest BCUT2D eigenvalue weighted by Gasteiger charge is -2.20. The number of nitrogens with one attached hydrogen (secondary N) is 1. The van der Waals surface area contributed by atoms with Gasteiger partial charge in [-0.3, -0.25) is 19.3 Å². The molecule has 0 bridgehead atoms. The van der Waals surface area contributed by atoms with Crippen LogP contribution in [0.2, 0.25) is 0 Å². The summed E-state index contributed by atoms with van der Waals surface area (Å²) in [6.45, 7) is 4.62. The number of unbranched alkanes of at least 4 members (excludes halogenated alkanes) is 1. The van der Waals surface area contributed by atoms with Crippen LogP contribution >= 0.6 is 0 Å². The molecule has 9 heteroatoms. The fourth-order valence-corrected chi connectivity index (χ4v) is 4.84. The van der Waals surface area contributed by atoms with E-state index in [2.05, 4.69) is 5.32 Å². The van der Waals surface area contributed by atoms with Crippen LogP contribution in [0, 0.1) is 0 Å². The number of carbonyl (C=O) groups excluding carboxylic acids is 3. The Kier molecular flexibility index (Phi) is 6.56. The van der Waals surface area contributed by atoms with Gasteiger partial charge in [0.25, 0.3) is 17.7 Å². The number of benzene rings is 2. The van der Waals surface area contributed by atoms with E-state index >= 15 is 0 Å². The first-order valence-electron chi connectivity index (χ1n) is 10.1. The topological polar surface area (TPSA) is 104 Å². The minimum atomic E-state index is -3.62. The molecule has 0 saturated heterocycles. The third-order valence-corrected chi connectivity index (χ3v) is 7.20. The first-order valence-corrected chi connectivity index (χ1v) is 11.5. The summed E-state index contributed by atoms with van der Waals surface area (Å²) in [5, 5.41) is 2.68. The molecule has 164 valence electrons. The molecule has 8 nitrogen and oxygen atoms in total. The van der Waals surface area contributed by atoms with E-state index in [0.717, 1.165) is 17.7 Å². The lowest BCUT2D eigenvalue weighted by atomic mass is 10.1. The van der Waals surface area contributed by atoms with Gasteiger partial charge in [-0.25, -0.2) is 8.42 Å². The molecule has 3 amide bonds. The Balaban J connectivity index is 1.76. The van der Waals surface area contributed by atoms with Crippen molar-refractivity contribution < 1.29 is 22.8 Å². The van der Waals surface area contributed by atoms with Gasteiger partial charge >= 0.3 is 0 Å². The zero-order chi connectivity index (χ0) is 22.8. The number of carbonyl (C=O) groups is 3. The van der Waals surface area contributed by atoms with Crippen LogP contribution in [0.3, 0.4) is 0 Å². The molecule has 2 aromatic carbocycles. The first-order chi connectivity index (χ1) is 14.7. The molecule has 2 aromatic rings. The molecular formula is C22H25N3O5S. The van der Waals surface area contributed by atoms with Crippen molar-refractivity contribution >= 4 is 33.4 Å². The van der Waals surface area contributed by atoms with Crippen molar-refractivity contribution in [1.82, 2.24) is 9.21 Å². The number of sulfonamides is 1. The molecule has 1 heterocycles. The molecule has 0 spiro atoms. The van der Waals surface area contributed by atoms with Gasteiger partial charge in [-0.15, -0.1) is 0 Å². The van der Waals surface area contributed by atoms with E-state index < -0.39 is 21.8 Å². The van der Waals surface area contributed by atoms with Crippen LogP contribution in [-0.4, -0.2) is 55.5 Å². The normalized spacial score (nSPS) is 13.6. The minimum absolute atomic E-state index is 0.131. The summed E-state index contributed by atoms with van der Waals surface area (Å²) in [7, 11) is -2.22. The average Bonchev–Trinajstić information content (AvgIpc) is 2.98. The van der Waals surface area contributed by atoms with Gasteiger partial charge in [-0.05, 0) is 48.9 Å². The second-order valence-electron chi connectivity index (χ2n) is 7.26. The number of amides is 3. The highest BCUT2D eigenvalue weighted by molar-refractivity contribution is 7.89. The Hall–Kier alpha value is -3.04. The second kappa shape index (κ2) is 8.99. The predicted octanol–water partition coefficient (Wildman–Crippen LogP) is 2.98. The van der Waals surface area contributed by atoms with E-state index in [1.165, 1.54) is 47.8 Å². The SMILES string of the molecule is CCCCN(CC)S(=O)(=O)c1ccc(C(=O)Nc2ccc3c(c2)C(=O)N(C)C3=O)cc1. The molecular weight excluding hydrogens is 418 g/mol. The Morgan fingerprint density at radius 3 is 2.26 bits per heavy atom. The number of fused-ring (bicyclic) bond motifs is 1. The van der Waals surface area contributed by atoms with E-state index in [-0.39, 0.29) is 21.9 Å². The first kappa shape index (κ1) is 22.6. The monoisotopic (exact) mass is 443 g/mol. The van der Waals surface area contributed by atoms with Crippen LogP contribution in [0.1, 0.15) is 57.8 Å². The Morgan fingerprint density at radius 1 is 1.00 bits per heavy atom. The van der Waals surface area contributed by atoms with E-state index in [4.69, 9.17) is 0 Å². The number of nitrogens with zero attached hydrogens (tertiary/aromatic N) is 2. The van der Waals surface area contributed by atoms with Gasteiger partial charge in [0.05, 0.1) is 16.0 Å². The standard InChI is InChI=1S/C22H25N3O5S/c1-4-6-13-25(5-2)31(29,30)17-10-7-15(8-11-17)20(26)23-16-9-12-18-19(14-16)22(28)24(3)21(18)27/h7-12,14H,4-6,13H2,1-3H3,(H,23,26). The van der Waals surface area contributed by atoms with Crippen LogP contribution in [0.25, 0.3) is 0 Å². The number of hydrogen-bond donors (Lipinski definition) is 1. The molecule has 0 atom stereocenters. The molecule has 31 heavy (non-hydrogen) atoms. The number of hydrogen-bond acceptors (Lipinski definition) is 5. The van der Waals surface area contributed by atoms with Gasteiger partial charge < -0.3 is 5.32 Å². The smallest absolute Gasteiger partial charge is 0.261 e. The van der Waals surface area contributed by atoms with Crippen molar-refractivity contribution in [3.05, 3.63) is 59.2 Å². The van der Waals surface area contributed by atoms with Crippen molar-refractivity contribution in [3.8, 4) is 0 Å². The summed E-state index contributed by atoms with van der Waals surface area (Å²) >= 11 is 0. The maximum atomic E-state index is 12.8. The lowest BCUT2D eigenvalue weighted by Crippen LogP contribution is -2.31. The average molecular weight is 444 g/mol. The van der Waals surface area contributed by atoms with E-state index in [9.17, 15) is 22.8 Å². The van der Waals surface area contributed by atoms with Crippen molar-refractivity contribution in [2.24, 2.45) is 0 Å². The number of imide groups is 1. The second-order valence-corrected chi connectivity index (χ2v) is 9.20. The molecule has 3 rings (SSSR count). The Morgan fingerprint density at radius 2 is 1.65 bits per heavy atom. The van der Waals surface area contributed by atoms with Gasteiger partial charge in [-0.2, -0.15) is 4.31 Å². The largest absolute Gasteiger partial charge is 0.322 e. The summed E-state index contributed by atoms with van der Waals surface area (Å²) in [6, 6.07) is 10.2. The zero-order valence-electron chi connectivity index (χ0n) is 17.7. The lowest BCUT2D eigenvalue weighted by molar-refractivity contribution is 0.0692. The molecule has 1 aliphatic rings. The van der Waals surface area contributed by atoms with Crippen LogP contribution < -0.4 is 5.32 Å². The van der Waals surface area contributed by atoms with E-state index in [1.807, 2.05) is 6.92 Å². The molecule has 0 radical (unpaired) electrons. The highest BCUT2D eigenvalue weighted by atomic mass is 32.2. The summed E-state index contributed by atoms with van der Waals surface area (Å²) in [5.74, 6) is -1.25. The summed E-state index contributed by atoms with van der Waals surface area (Å²) < 4.78 is 27.0. The van der Waals surface area contributed by atoms with Crippen LogP contribution in [-0.2, 0) is 10.0 Å². The van der Waals surface area contributed by atoms with E-state index in [0.29, 0.717) is 24.3 Å². The Bertz CT molecular complexity index is 1130. The van der Waals surface area contributed by atoms with Gasteiger partial charge in [-0.1, -0.05) is 20.3 Å². The molecule has 0 aromatic heterocycles. The van der Waals surface area contributed by atoms with Crippen molar-refractivity contribution in [2.45, 2.75) is 31.6 Å². The molecule has 1 aliphatic heterocycles. The van der Waals surface area contributed by atoms with Crippen molar-refractivity contribution in [2.75, 3.05) is 25.5 Å². The third kappa shape index (κ3) is 4.38. The van der Waals surface area contributed by atoms with Crippen LogP contribution in [0.4, 0.5) is 5.69 Å². The van der Waals surface area contributed by atoms with Crippen LogP contribution in [0.15, 0.2) is 47.4 Å². The minimum Gasteiger partial charge on any atom is -0.322 e. The fraction of sp³-hybridized carbons (Fsp3) is 0.318. The van der Waals surface area contributed by atoms with Gasteiger partial charge in [0.2, 0.25) is 10.0 Å². The highest BCUT2D eigenvalue weighted by Gasteiger charge is 2.32. The summed E-state index contributed by atoms with van der Waals surface area (Å²) in [6.07, 6.45) is 1.67. The number of anilines is 1. The molecule has 0 fully saturated rings.